The molecule has 2 aromatic rings. The quantitative estimate of drug-likeness (QED) is 0.474. The van der Waals surface area contributed by atoms with Crippen molar-refractivity contribution in [1.82, 2.24) is 10.0 Å². The van der Waals surface area contributed by atoms with Gasteiger partial charge in [0.1, 0.15) is 11.9 Å². The summed E-state index contributed by atoms with van der Waals surface area (Å²) in [5.74, 6) is -2.15. The second kappa shape index (κ2) is 11.4. The Labute approximate surface area is 200 Å². The van der Waals surface area contributed by atoms with Gasteiger partial charge in [0.15, 0.2) is 0 Å². The van der Waals surface area contributed by atoms with Crippen LogP contribution in [0.2, 0.25) is 0 Å². The minimum atomic E-state index is -3.87. The predicted molar refractivity (Wildman–Crippen MR) is 130 cm³/mol. The maximum atomic E-state index is 14.4. The van der Waals surface area contributed by atoms with Gasteiger partial charge in [-0.2, -0.15) is 0 Å². The number of nitrogens with zero attached hydrogens (tertiary/aromatic N) is 1. The highest BCUT2D eigenvalue weighted by molar-refractivity contribution is 7.89. The average Bonchev–Trinajstić information content (AvgIpc) is 3.34. The first-order valence-electron chi connectivity index (χ1n) is 11.5. The van der Waals surface area contributed by atoms with Crippen molar-refractivity contribution in [3.8, 4) is 0 Å². The molecule has 3 N–H and O–H groups in total. The molecule has 1 saturated heterocycles. The van der Waals surface area contributed by atoms with Gasteiger partial charge in [-0.05, 0) is 55.7 Å². The Bertz CT molecular complexity index is 1130. The fourth-order valence-electron chi connectivity index (χ4n) is 3.90. The molecule has 0 aromatic heterocycles. The van der Waals surface area contributed by atoms with Crippen molar-refractivity contribution < 1.29 is 22.4 Å². The smallest absolute Gasteiger partial charge is 0.254 e. The van der Waals surface area contributed by atoms with Crippen LogP contribution >= 0.6 is 0 Å². The van der Waals surface area contributed by atoms with Gasteiger partial charge in [-0.25, -0.2) is 17.5 Å². The highest BCUT2D eigenvalue weighted by Gasteiger charge is 2.24. The van der Waals surface area contributed by atoms with Crippen LogP contribution in [0.3, 0.4) is 0 Å². The molecule has 0 aliphatic carbocycles. The number of carbonyl (C=O) groups is 2. The number of amides is 2. The molecule has 1 heterocycles. The number of rotatable bonds is 10. The normalized spacial score (nSPS) is 14.6. The number of anilines is 2. The van der Waals surface area contributed by atoms with Crippen molar-refractivity contribution in [2.75, 3.05) is 29.9 Å². The minimum Gasteiger partial charge on any atom is -0.371 e. The molecular formula is C24H31FN4O4S. The average molecular weight is 491 g/mol. The predicted octanol–water partition coefficient (Wildman–Crippen LogP) is 3.26. The summed E-state index contributed by atoms with van der Waals surface area (Å²) in [5.41, 5.74) is 1.19. The lowest BCUT2D eigenvalue weighted by Crippen LogP contribution is -2.44. The van der Waals surface area contributed by atoms with E-state index in [9.17, 15) is 22.4 Å². The number of benzene rings is 2. The Morgan fingerprint density at radius 1 is 1.09 bits per heavy atom. The summed E-state index contributed by atoms with van der Waals surface area (Å²) in [7, 11) is -3.87. The van der Waals surface area contributed by atoms with Gasteiger partial charge in [0.2, 0.25) is 15.9 Å². The fourth-order valence-corrected chi connectivity index (χ4v) is 4.96. The number of nitrogens with one attached hydrogen (secondary N) is 3. The zero-order valence-electron chi connectivity index (χ0n) is 19.4. The lowest BCUT2D eigenvalue weighted by Gasteiger charge is -2.20. The van der Waals surface area contributed by atoms with Crippen molar-refractivity contribution in [2.45, 2.75) is 50.5 Å². The SMILES string of the molecule is CCCC(NC(=O)c1cc(S(=O)(=O)NCC)ccc1F)C(=O)Nc1cccc(N2CCCC2)c1. The van der Waals surface area contributed by atoms with E-state index in [1.54, 1.807) is 13.0 Å². The minimum absolute atomic E-state index is 0.152. The molecule has 0 bridgehead atoms. The summed E-state index contributed by atoms with van der Waals surface area (Å²) >= 11 is 0. The van der Waals surface area contributed by atoms with E-state index < -0.39 is 39.3 Å². The first-order valence-corrected chi connectivity index (χ1v) is 13.0. The maximum Gasteiger partial charge on any atom is 0.254 e. The summed E-state index contributed by atoms with van der Waals surface area (Å²) < 4.78 is 41.2. The van der Waals surface area contributed by atoms with Gasteiger partial charge in [-0.1, -0.05) is 26.3 Å². The van der Waals surface area contributed by atoms with Crippen molar-refractivity contribution in [2.24, 2.45) is 0 Å². The molecule has 0 saturated carbocycles. The summed E-state index contributed by atoms with van der Waals surface area (Å²) in [4.78, 5) is 27.8. The van der Waals surface area contributed by atoms with Gasteiger partial charge < -0.3 is 15.5 Å². The second-order valence-electron chi connectivity index (χ2n) is 8.19. The molecule has 1 fully saturated rings. The van der Waals surface area contributed by atoms with E-state index in [-0.39, 0.29) is 11.4 Å². The van der Waals surface area contributed by atoms with Crippen LogP contribution in [0, 0.1) is 5.82 Å². The molecule has 3 rings (SSSR count). The first kappa shape index (κ1) is 25.6. The number of halogens is 1. The number of hydrogen-bond donors (Lipinski definition) is 3. The monoisotopic (exact) mass is 490 g/mol. The Balaban J connectivity index is 1.75. The van der Waals surface area contributed by atoms with E-state index in [4.69, 9.17) is 0 Å². The first-order chi connectivity index (χ1) is 16.2. The van der Waals surface area contributed by atoms with E-state index >= 15 is 0 Å². The van der Waals surface area contributed by atoms with Crippen LogP contribution in [0.5, 0.6) is 0 Å². The van der Waals surface area contributed by atoms with Crippen LogP contribution < -0.4 is 20.3 Å². The van der Waals surface area contributed by atoms with Crippen molar-refractivity contribution in [3.05, 3.63) is 53.8 Å². The number of hydrogen-bond acceptors (Lipinski definition) is 5. The largest absolute Gasteiger partial charge is 0.371 e. The second-order valence-corrected chi connectivity index (χ2v) is 9.96. The van der Waals surface area contributed by atoms with E-state index in [0.29, 0.717) is 18.5 Å². The molecule has 34 heavy (non-hydrogen) atoms. The van der Waals surface area contributed by atoms with Crippen molar-refractivity contribution in [3.63, 3.8) is 0 Å². The Kier molecular flexibility index (Phi) is 8.62. The Morgan fingerprint density at radius 2 is 1.82 bits per heavy atom. The Hall–Kier alpha value is -2.98. The maximum absolute atomic E-state index is 14.4. The lowest BCUT2D eigenvalue weighted by molar-refractivity contribution is -0.118. The summed E-state index contributed by atoms with van der Waals surface area (Å²) in [6.07, 6.45) is 3.20. The van der Waals surface area contributed by atoms with Crippen LogP contribution in [-0.2, 0) is 14.8 Å². The topological polar surface area (TPSA) is 108 Å². The van der Waals surface area contributed by atoms with Gasteiger partial charge in [-0.3, -0.25) is 9.59 Å². The number of carbonyl (C=O) groups excluding carboxylic acids is 2. The third kappa shape index (κ3) is 6.32. The fraction of sp³-hybridized carbons (Fsp3) is 0.417. The van der Waals surface area contributed by atoms with Crippen LogP contribution in [0.4, 0.5) is 15.8 Å². The molecule has 184 valence electrons. The van der Waals surface area contributed by atoms with Gasteiger partial charge in [0, 0.05) is 31.0 Å². The molecule has 1 atom stereocenters. The van der Waals surface area contributed by atoms with Crippen LogP contribution in [0.15, 0.2) is 47.4 Å². The molecule has 0 radical (unpaired) electrons. The molecule has 1 unspecified atom stereocenters. The zero-order valence-corrected chi connectivity index (χ0v) is 20.3. The highest BCUT2D eigenvalue weighted by Crippen LogP contribution is 2.23. The van der Waals surface area contributed by atoms with Gasteiger partial charge >= 0.3 is 0 Å². The summed E-state index contributed by atoms with van der Waals surface area (Å²) in [6.45, 7) is 5.58. The molecule has 1 aliphatic rings. The van der Waals surface area contributed by atoms with Gasteiger partial charge in [0.05, 0.1) is 10.5 Å². The van der Waals surface area contributed by atoms with Crippen LogP contribution in [0.25, 0.3) is 0 Å². The molecule has 10 heteroatoms. The van der Waals surface area contributed by atoms with E-state index in [2.05, 4.69) is 20.3 Å². The van der Waals surface area contributed by atoms with E-state index in [0.717, 1.165) is 49.8 Å². The van der Waals surface area contributed by atoms with E-state index in [1.165, 1.54) is 0 Å². The third-order valence-corrected chi connectivity index (χ3v) is 7.15. The number of sulfonamides is 1. The molecule has 8 nitrogen and oxygen atoms in total. The summed E-state index contributed by atoms with van der Waals surface area (Å²) in [5, 5.41) is 5.39. The van der Waals surface area contributed by atoms with Gasteiger partial charge in [0.25, 0.3) is 5.91 Å². The molecule has 2 amide bonds. The molecule has 2 aromatic carbocycles. The third-order valence-electron chi connectivity index (χ3n) is 5.61. The zero-order chi connectivity index (χ0) is 24.7. The molecule has 0 spiro atoms. The highest BCUT2D eigenvalue weighted by atomic mass is 32.2. The van der Waals surface area contributed by atoms with Crippen molar-refractivity contribution >= 4 is 33.2 Å². The lowest BCUT2D eigenvalue weighted by atomic mass is 10.1. The summed E-state index contributed by atoms with van der Waals surface area (Å²) in [6, 6.07) is 9.60. The Morgan fingerprint density at radius 3 is 2.50 bits per heavy atom. The van der Waals surface area contributed by atoms with Crippen LogP contribution in [-0.4, -0.2) is 45.9 Å². The standard InChI is InChI=1S/C24H31FN4O4S/c1-3-8-22(24(31)27-17-9-7-10-18(15-17)29-13-5-6-14-29)28-23(30)20-16-19(11-12-21(20)25)34(32,33)26-4-2/h7,9-12,15-16,22,26H,3-6,8,13-14H2,1-2H3,(H,27,31)(H,28,30). The molecular weight excluding hydrogens is 459 g/mol. The van der Waals surface area contributed by atoms with Crippen LogP contribution in [0.1, 0.15) is 49.9 Å². The molecule has 1 aliphatic heterocycles. The van der Waals surface area contributed by atoms with E-state index in [1.807, 2.05) is 25.1 Å². The van der Waals surface area contributed by atoms with Gasteiger partial charge in [-0.15, -0.1) is 0 Å². The van der Waals surface area contributed by atoms with Crippen molar-refractivity contribution in [1.29, 1.82) is 0 Å².